The number of aromatic hydroxyl groups is 1. The van der Waals surface area contributed by atoms with Crippen molar-refractivity contribution >= 4 is 32.8 Å². The van der Waals surface area contributed by atoms with Crippen molar-refractivity contribution in [2.24, 2.45) is 4.99 Å². The highest BCUT2D eigenvalue weighted by atomic mass is 79.9. The lowest BCUT2D eigenvalue weighted by atomic mass is 9.99. The molecule has 3 rings (SSSR count). The maximum absolute atomic E-state index is 10.5. The Hall–Kier alpha value is -1.64. The van der Waals surface area contributed by atoms with E-state index in [-0.39, 0.29) is 5.75 Å². The van der Waals surface area contributed by atoms with E-state index in [2.05, 4.69) is 20.9 Å². The van der Waals surface area contributed by atoms with Gasteiger partial charge in [-0.05, 0) is 47.9 Å². The molecule has 2 aromatic carbocycles. The van der Waals surface area contributed by atoms with Gasteiger partial charge in [-0.1, -0.05) is 22.0 Å². The number of halogens is 1. The molecule has 0 aliphatic heterocycles. The van der Waals surface area contributed by atoms with Crippen molar-refractivity contribution < 1.29 is 9.90 Å². The van der Waals surface area contributed by atoms with Crippen molar-refractivity contribution in [3.05, 3.63) is 40.4 Å². The van der Waals surface area contributed by atoms with Gasteiger partial charge >= 0.3 is 0 Å². The summed E-state index contributed by atoms with van der Waals surface area (Å²) in [4.78, 5) is 14.3. The predicted molar refractivity (Wildman–Crippen MR) is 72.3 cm³/mol. The number of phenols is 1. The monoisotopic (exact) mass is 303 g/mol. The van der Waals surface area contributed by atoms with E-state index in [1.807, 2.05) is 24.3 Å². The molecule has 2 aromatic rings. The lowest BCUT2D eigenvalue weighted by Gasteiger charge is -2.12. The Morgan fingerprint density at radius 1 is 1.22 bits per heavy atom. The van der Waals surface area contributed by atoms with Crippen LogP contribution in [-0.2, 0) is 10.3 Å². The third kappa shape index (κ3) is 1.74. The summed E-state index contributed by atoms with van der Waals surface area (Å²) in [5.74, 6) is 0.196. The van der Waals surface area contributed by atoms with Gasteiger partial charge in [-0.3, -0.25) is 0 Å². The molecule has 3 nitrogen and oxygen atoms in total. The zero-order valence-electron chi connectivity index (χ0n) is 9.48. The van der Waals surface area contributed by atoms with Gasteiger partial charge in [-0.25, -0.2) is 4.79 Å². The van der Waals surface area contributed by atoms with E-state index < -0.39 is 5.54 Å². The second kappa shape index (κ2) is 3.94. The van der Waals surface area contributed by atoms with Gasteiger partial charge in [0.2, 0.25) is 6.08 Å². The fourth-order valence-corrected chi connectivity index (χ4v) is 2.66. The minimum Gasteiger partial charge on any atom is -0.508 e. The minimum atomic E-state index is -0.539. The number of benzene rings is 2. The summed E-state index contributed by atoms with van der Waals surface area (Å²) in [5.41, 5.74) is 0.180. The molecular weight excluding hydrogens is 294 g/mol. The van der Waals surface area contributed by atoms with Gasteiger partial charge in [-0.2, -0.15) is 4.99 Å². The highest BCUT2D eigenvalue weighted by Crippen LogP contribution is 2.52. The van der Waals surface area contributed by atoms with E-state index in [9.17, 15) is 9.90 Å². The van der Waals surface area contributed by atoms with Crippen molar-refractivity contribution in [1.82, 2.24) is 0 Å². The molecule has 1 N–H and O–H groups in total. The van der Waals surface area contributed by atoms with E-state index in [0.29, 0.717) is 0 Å². The van der Waals surface area contributed by atoms with E-state index >= 15 is 0 Å². The van der Waals surface area contributed by atoms with Gasteiger partial charge in [-0.15, -0.1) is 0 Å². The van der Waals surface area contributed by atoms with Crippen molar-refractivity contribution in [1.29, 1.82) is 0 Å². The second-order valence-electron chi connectivity index (χ2n) is 4.60. The summed E-state index contributed by atoms with van der Waals surface area (Å²) < 4.78 is 0.982. The summed E-state index contributed by atoms with van der Waals surface area (Å²) >= 11 is 3.42. The Morgan fingerprint density at radius 2 is 2.00 bits per heavy atom. The largest absolute Gasteiger partial charge is 0.508 e. The molecule has 0 saturated heterocycles. The molecule has 0 unspecified atom stereocenters. The highest BCUT2D eigenvalue weighted by Gasteiger charge is 2.46. The third-order valence-corrected chi connectivity index (χ3v) is 3.89. The van der Waals surface area contributed by atoms with E-state index in [0.717, 1.165) is 33.7 Å². The number of aliphatic imine (C=N–C) groups is 1. The lowest BCUT2D eigenvalue weighted by Crippen LogP contribution is -2.02. The average Bonchev–Trinajstić information content (AvgIpc) is 3.10. The van der Waals surface area contributed by atoms with Crippen LogP contribution in [-0.4, -0.2) is 11.2 Å². The summed E-state index contributed by atoms with van der Waals surface area (Å²) in [6, 6.07) is 9.48. The van der Waals surface area contributed by atoms with Crippen molar-refractivity contribution in [3.8, 4) is 5.75 Å². The fraction of sp³-hybridized carbons (Fsp3) is 0.214. The first-order valence-corrected chi connectivity index (χ1v) is 6.46. The van der Waals surface area contributed by atoms with E-state index in [1.165, 1.54) is 0 Å². The van der Waals surface area contributed by atoms with Crippen LogP contribution in [0.5, 0.6) is 5.75 Å². The van der Waals surface area contributed by atoms with E-state index in [4.69, 9.17) is 0 Å². The molecule has 90 valence electrons. The molecule has 0 amide bonds. The molecular formula is C14H10BrNO2. The molecule has 0 radical (unpaired) electrons. The van der Waals surface area contributed by atoms with Gasteiger partial charge in [0.25, 0.3) is 0 Å². The summed E-state index contributed by atoms with van der Waals surface area (Å²) in [7, 11) is 0. The van der Waals surface area contributed by atoms with Gasteiger partial charge in [0.1, 0.15) is 11.3 Å². The molecule has 1 aliphatic carbocycles. The van der Waals surface area contributed by atoms with Crippen LogP contribution in [0, 0.1) is 0 Å². The van der Waals surface area contributed by atoms with Crippen molar-refractivity contribution in [2.45, 2.75) is 18.4 Å². The summed E-state index contributed by atoms with van der Waals surface area (Å²) in [6.45, 7) is 0. The molecule has 0 heterocycles. The van der Waals surface area contributed by atoms with Crippen LogP contribution in [0.25, 0.3) is 10.8 Å². The first-order chi connectivity index (χ1) is 8.64. The zero-order chi connectivity index (χ0) is 12.8. The minimum absolute atomic E-state index is 0.196. The number of rotatable bonds is 2. The molecule has 1 fully saturated rings. The topological polar surface area (TPSA) is 49.7 Å². The first kappa shape index (κ1) is 11.5. The quantitative estimate of drug-likeness (QED) is 0.680. The first-order valence-electron chi connectivity index (χ1n) is 5.66. The maximum atomic E-state index is 10.5. The Balaban J connectivity index is 2.24. The second-order valence-corrected chi connectivity index (χ2v) is 5.51. The van der Waals surface area contributed by atoms with Crippen molar-refractivity contribution in [3.63, 3.8) is 0 Å². The SMILES string of the molecule is O=C=NC1(c2cc3cc(Br)ccc3cc2O)CC1. The summed E-state index contributed by atoms with van der Waals surface area (Å²) in [6.07, 6.45) is 3.18. The molecule has 0 atom stereocenters. The van der Waals surface area contributed by atoms with Gasteiger partial charge in [0.05, 0.1) is 0 Å². The van der Waals surface area contributed by atoms with Gasteiger partial charge in [0, 0.05) is 10.0 Å². The lowest BCUT2D eigenvalue weighted by molar-refractivity contribution is 0.460. The van der Waals surface area contributed by atoms with Crippen LogP contribution in [0.1, 0.15) is 18.4 Å². The standard InChI is InChI=1S/C14H10BrNO2/c15-11-2-1-9-7-13(18)12(6-10(9)5-11)14(3-4-14)16-8-17/h1-2,5-7,18H,3-4H2. The zero-order valence-corrected chi connectivity index (χ0v) is 11.1. The van der Waals surface area contributed by atoms with Crippen LogP contribution in [0.3, 0.4) is 0 Å². The van der Waals surface area contributed by atoms with Crippen LogP contribution < -0.4 is 0 Å². The molecule has 18 heavy (non-hydrogen) atoms. The Kier molecular flexibility index (Phi) is 2.51. The summed E-state index contributed by atoms with van der Waals surface area (Å²) in [5, 5.41) is 12.1. The number of hydrogen-bond acceptors (Lipinski definition) is 3. The van der Waals surface area contributed by atoms with Crippen LogP contribution in [0.4, 0.5) is 0 Å². The Labute approximate surface area is 112 Å². The number of phenolic OH excluding ortho intramolecular Hbond substituents is 1. The molecule has 1 aliphatic rings. The van der Waals surface area contributed by atoms with Gasteiger partial charge in [0.15, 0.2) is 0 Å². The van der Waals surface area contributed by atoms with Crippen LogP contribution >= 0.6 is 15.9 Å². The van der Waals surface area contributed by atoms with Crippen LogP contribution in [0.15, 0.2) is 39.8 Å². The number of carbonyl (C=O) groups excluding carboxylic acids is 1. The molecule has 1 saturated carbocycles. The number of isocyanates is 1. The maximum Gasteiger partial charge on any atom is 0.235 e. The average molecular weight is 304 g/mol. The normalized spacial score (nSPS) is 16.3. The smallest absolute Gasteiger partial charge is 0.235 e. The predicted octanol–water partition coefficient (Wildman–Crippen LogP) is 3.63. The number of nitrogens with zero attached hydrogens (tertiary/aromatic N) is 1. The molecule has 0 spiro atoms. The molecule has 4 heteroatoms. The Morgan fingerprint density at radius 3 is 2.67 bits per heavy atom. The molecule has 0 bridgehead atoms. The number of hydrogen-bond donors (Lipinski definition) is 1. The van der Waals surface area contributed by atoms with Crippen molar-refractivity contribution in [2.75, 3.05) is 0 Å². The fourth-order valence-electron chi connectivity index (χ4n) is 2.28. The third-order valence-electron chi connectivity index (χ3n) is 3.40. The molecule has 0 aromatic heterocycles. The highest BCUT2D eigenvalue weighted by molar-refractivity contribution is 9.10. The van der Waals surface area contributed by atoms with Gasteiger partial charge < -0.3 is 5.11 Å². The Bertz CT molecular complexity index is 685. The van der Waals surface area contributed by atoms with E-state index in [1.54, 1.807) is 12.1 Å². The van der Waals surface area contributed by atoms with Crippen LogP contribution in [0.2, 0.25) is 0 Å². The number of fused-ring (bicyclic) bond motifs is 1.